The molecule has 1 saturated heterocycles. The third-order valence-electron chi connectivity index (χ3n) is 6.62. The summed E-state index contributed by atoms with van der Waals surface area (Å²) in [5.41, 5.74) is 3.64. The molecule has 1 aliphatic heterocycles. The lowest BCUT2D eigenvalue weighted by atomic mass is 10.0. The summed E-state index contributed by atoms with van der Waals surface area (Å²) in [6, 6.07) is 18.9. The van der Waals surface area contributed by atoms with Crippen LogP contribution in [0.5, 0.6) is 5.75 Å². The van der Waals surface area contributed by atoms with Crippen LogP contribution in [0.25, 0.3) is 21.3 Å². The molecule has 1 aliphatic rings. The molecule has 1 unspecified atom stereocenters. The number of aromatic nitrogens is 2. The molecule has 0 aliphatic carbocycles. The molecule has 5 rings (SSSR count). The first-order valence-electron chi connectivity index (χ1n) is 12.4. The fourth-order valence-corrected chi connectivity index (χ4v) is 5.54. The second-order valence-corrected chi connectivity index (χ2v) is 9.89. The van der Waals surface area contributed by atoms with Crippen molar-refractivity contribution in [3.05, 3.63) is 71.9 Å². The highest BCUT2D eigenvalue weighted by Crippen LogP contribution is 2.38. The molecule has 3 heterocycles. The van der Waals surface area contributed by atoms with Gasteiger partial charge < -0.3 is 20.1 Å². The van der Waals surface area contributed by atoms with Crippen LogP contribution in [0.3, 0.4) is 0 Å². The molecule has 0 amide bonds. The molecule has 0 saturated carbocycles. The van der Waals surface area contributed by atoms with Crippen molar-refractivity contribution in [2.75, 3.05) is 31.1 Å². The minimum Gasteiger partial charge on any atom is -0.491 e. The summed E-state index contributed by atoms with van der Waals surface area (Å²) in [5.74, 6) is 1.84. The van der Waals surface area contributed by atoms with E-state index in [0.29, 0.717) is 19.2 Å². The predicted molar refractivity (Wildman–Crippen MR) is 143 cm³/mol. The van der Waals surface area contributed by atoms with Gasteiger partial charge >= 0.3 is 0 Å². The monoisotopic (exact) mass is 488 g/mol. The lowest BCUT2D eigenvalue weighted by Gasteiger charge is -2.34. The highest BCUT2D eigenvalue weighted by Gasteiger charge is 2.24. The van der Waals surface area contributed by atoms with Crippen LogP contribution >= 0.6 is 11.3 Å². The van der Waals surface area contributed by atoms with Gasteiger partial charge in [0.15, 0.2) is 0 Å². The van der Waals surface area contributed by atoms with Gasteiger partial charge in [0.1, 0.15) is 35.4 Å². The van der Waals surface area contributed by atoms with E-state index in [2.05, 4.69) is 57.8 Å². The van der Waals surface area contributed by atoms with Crippen molar-refractivity contribution in [3.63, 3.8) is 0 Å². The number of aryl methyl sites for hydroxylation is 1. The first-order valence-corrected chi connectivity index (χ1v) is 13.2. The van der Waals surface area contributed by atoms with Gasteiger partial charge in [0.25, 0.3) is 0 Å². The normalized spacial score (nSPS) is 15.4. The largest absolute Gasteiger partial charge is 0.491 e. The molecule has 2 N–H and O–H groups in total. The third kappa shape index (κ3) is 5.64. The summed E-state index contributed by atoms with van der Waals surface area (Å²) in [7, 11) is 0. The fourth-order valence-electron chi connectivity index (χ4n) is 4.63. The maximum absolute atomic E-state index is 10.4. The van der Waals surface area contributed by atoms with E-state index in [-0.39, 0.29) is 0 Å². The quantitative estimate of drug-likeness (QED) is 0.349. The van der Waals surface area contributed by atoms with Gasteiger partial charge in [-0.2, -0.15) is 0 Å². The highest BCUT2D eigenvalue weighted by atomic mass is 32.1. The average Bonchev–Trinajstić information content (AvgIpc) is 3.36. The molecular weight excluding hydrogens is 456 g/mol. The van der Waals surface area contributed by atoms with E-state index in [0.717, 1.165) is 54.1 Å². The van der Waals surface area contributed by atoms with Crippen molar-refractivity contribution >= 4 is 27.4 Å². The maximum atomic E-state index is 10.4. The average molecular weight is 489 g/mol. The van der Waals surface area contributed by atoms with Crippen molar-refractivity contribution in [1.29, 1.82) is 0 Å². The minimum absolute atomic E-state index is 0.290. The molecule has 2 aromatic carbocycles. The minimum atomic E-state index is -0.543. The number of benzene rings is 2. The standard InChI is InChI=1S/C28H32N4O2S/c1-2-20-7-6-10-24(15-20)34-17-23(33)16-29-22-11-13-32(14-12-22)27-26-25(21-8-4-3-5-9-21)18-35-28(26)31-19-30-27/h3-10,15,18-19,22-23,29,33H,2,11-14,16-17H2,1H3. The number of anilines is 1. The summed E-state index contributed by atoms with van der Waals surface area (Å²) in [6.45, 7) is 4.78. The summed E-state index contributed by atoms with van der Waals surface area (Å²) in [5, 5.41) is 17.3. The van der Waals surface area contributed by atoms with E-state index < -0.39 is 6.10 Å². The van der Waals surface area contributed by atoms with E-state index in [9.17, 15) is 5.11 Å². The number of nitrogens with one attached hydrogen (secondary N) is 1. The lowest BCUT2D eigenvalue weighted by Crippen LogP contribution is -2.45. The summed E-state index contributed by atoms with van der Waals surface area (Å²) in [6.07, 6.45) is 4.12. The number of rotatable bonds is 9. The zero-order valence-electron chi connectivity index (χ0n) is 20.1. The molecule has 0 spiro atoms. The Morgan fingerprint density at radius 2 is 1.94 bits per heavy atom. The number of ether oxygens (including phenoxy) is 1. The second kappa shape index (κ2) is 11.2. The van der Waals surface area contributed by atoms with Crippen molar-refractivity contribution in [1.82, 2.24) is 15.3 Å². The van der Waals surface area contributed by atoms with Crippen LogP contribution < -0.4 is 15.0 Å². The van der Waals surface area contributed by atoms with Crippen LogP contribution in [-0.2, 0) is 6.42 Å². The lowest BCUT2D eigenvalue weighted by molar-refractivity contribution is 0.102. The number of thiophene rings is 1. The van der Waals surface area contributed by atoms with E-state index in [4.69, 9.17) is 9.72 Å². The second-order valence-electron chi connectivity index (χ2n) is 9.03. The van der Waals surface area contributed by atoms with Crippen LogP contribution in [0.2, 0.25) is 0 Å². The van der Waals surface area contributed by atoms with Crippen molar-refractivity contribution in [3.8, 4) is 16.9 Å². The van der Waals surface area contributed by atoms with E-state index in [1.807, 2.05) is 24.3 Å². The van der Waals surface area contributed by atoms with Gasteiger partial charge in [-0.15, -0.1) is 11.3 Å². The van der Waals surface area contributed by atoms with Crippen LogP contribution in [0, 0.1) is 0 Å². The molecule has 182 valence electrons. The molecule has 7 heteroatoms. The number of nitrogens with zero attached hydrogens (tertiary/aromatic N) is 3. The first kappa shape index (κ1) is 23.7. The van der Waals surface area contributed by atoms with Gasteiger partial charge in [-0.05, 0) is 42.5 Å². The van der Waals surface area contributed by atoms with Gasteiger partial charge in [-0.1, -0.05) is 49.4 Å². The maximum Gasteiger partial charge on any atom is 0.141 e. The number of piperidine rings is 1. The van der Waals surface area contributed by atoms with E-state index >= 15 is 0 Å². The van der Waals surface area contributed by atoms with Crippen molar-refractivity contribution in [2.24, 2.45) is 0 Å². The van der Waals surface area contributed by atoms with Crippen molar-refractivity contribution < 1.29 is 9.84 Å². The molecule has 0 radical (unpaired) electrons. The smallest absolute Gasteiger partial charge is 0.141 e. The molecule has 4 aromatic rings. The van der Waals surface area contributed by atoms with Crippen LogP contribution in [-0.4, -0.2) is 53.5 Å². The Bertz CT molecular complexity index is 1240. The van der Waals surface area contributed by atoms with E-state index in [1.165, 1.54) is 16.7 Å². The molecular formula is C28H32N4O2S. The Balaban J connectivity index is 1.15. The van der Waals surface area contributed by atoms with Crippen LogP contribution in [0.1, 0.15) is 25.3 Å². The molecule has 1 atom stereocenters. The predicted octanol–water partition coefficient (Wildman–Crippen LogP) is 4.92. The molecule has 0 bridgehead atoms. The number of hydrogen-bond acceptors (Lipinski definition) is 7. The Labute approximate surface area is 210 Å². The number of aliphatic hydroxyl groups is 1. The number of aliphatic hydroxyl groups excluding tert-OH is 1. The Morgan fingerprint density at radius 1 is 1.11 bits per heavy atom. The fraction of sp³-hybridized carbons (Fsp3) is 0.357. The first-order chi connectivity index (χ1) is 17.2. The SMILES string of the molecule is CCc1cccc(OCC(O)CNC2CCN(c3ncnc4scc(-c5ccccc5)c34)CC2)c1. The zero-order valence-corrected chi connectivity index (χ0v) is 20.9. The van der Waals surface area contributed by atoms with Gasteiger partial charge in [0, 0.05) is 36.6 Å². The van der Waals surface area contributed by atoms with Gasteiger partial charge in [0.05, 0.1) is 5.39 Å². The van der Waals surface area contributed by atoms with Crippen LogP contribution in [0.4, 0.5) is 5.82 Å². The topological polar surface area (TPSA) is 70.5 Å². The van der Waals surface area contributed by atoms with Gasteiger partial charge in [-0.3, -0.25) is 0 Å². The highest BCUT2D eigenvalue weighted by molar-refractivity contribution is 7.17. The Morgan fingerprint density at radius 3 is 2.74 bits per heavy atom. The Kier molecular flexibility index (Phi) is 7.57. The zero-order chi connectivity index (χ0) is 24.0. The van der Waals surface area contributed by atoms with Gasteiger partial charge in [0.2, 0.25) is 0 Å². The molecule has 2 aromatic heterocycles. The molecule has 1 fully saturated rings. The summed E-state index contributed by atoms with van der Waals surface area (Å²) >= 11 is 1.67. The van der Waals surface area contributed by atoms with Crippen LogP contribution in [0.15, 0.2) is 66.3 Å². The summed E-state index contributed by atoms with van der Waals surface area (Å²) < 4.78 is 5.79. The summed E-state index contributed by atoms with van der Waals surface area (Å²) in [4.78, 5) is 12.6. The third-order valence-corrected chi connectivity index (χ3v) is 7.51. The Hall–Kier alpha value is -3.00. The number of hydrogen-bond donors (Lipinski definition) is 2. The number of fused-ring (bicyclic) bond motifs is 1. The molecule has 35 heavy (non-hydrogen) atoms. The van der Waals surface area contributed by atoms with Gasteiger partial charge in [-0.25, -0.2) is 9.97 Å². The van der Waals surface area contributed by atoms with E-state index in [1.54, 1.807) is 17.7 Å². The molecule has 6 nitrogen and oxygen atoms in total. The van der Waals surface area contributed by atoms with Crippen molar-refractivity contribution in [2.45, 2.75) is 38.3 Å².